The number of fused-ring (bicyclic) bond motifs is 1. The van der Waals surface area contributed by atoms with Crippen molar-refractivity contribution in [3.05, 3.63) is 35.9 Å². The molecular formula is C18H22N4O. The van der Waals surface area contributed by atoms with Gasteiger partial charge in [-0.2, -0.15) is 5.26 Å². The highest BCUT2D eigenvalue weighted by Crippen LogP contribution is 2.30. The predicted octanol–water partition coefficient (Wildman–Crippen LogP) is 2.53. The summed E-state index contributed by atoms with van der Waals surface area (Å²) in [5, 5.41) is 17.1. The van der Waals surface area contributed by atoms with Gasteiger partial charge in [-0.25, -0.2) is 4.98 Å². The molecule has 2 N–H and O–H groups in total. The number of ether oxygens (including phenoxy) is 1. The molecule has 0 bridgehead atoms. The molecule has 1 saturated heterocycles. The zero-order chi connectivity index (χ0) is 16.1. The van der Waals surface area contributed by atoms with Crippen LogP contribution in [0.15, 0.2) is 30.3 Å². The molecule has 23 heavy (non-hydrogen) atoms. The van der Waals surface area contributed by atoms with Crippen LogP contribution in [0, 0.1) is 16.7 Å². The molecule has 1 aromatic carbocycles. The van der Waals surface area contributed by atoms with Gasteiger partial charge in [0, 0.05) is 24.5 Å². The van der Waals surface area contributed by atoms with Crippen molar-refractivity contribution in [3.8, 4) is 6.07 Å². The number of hydrogen-bond donors (Lipinski definition) is 2. The zero-order valence-electron chi connectivity index (χ0n) is 13.4. The number of nitrogens with one attached hydrogen (secondary N) is 2. The summed E-state index contributed by atoms with van der Waals surface area (Å²) in [5.41, 5.74) is 1.63. The Morgan fingerprint density at radius 2 is 2.13 bits per heavy atom. The van der Waals surface area contributed by atoms with Gasteiger partial charge in [0.05, 0.1) is 23.8 Å². The van der Waals surface area contributed by atoms with Crippen LogP contribution in [0.5, 0.6) is 0 Å². The molecule has 5 nitrogen and oxygen atoms in total. The van der Waals surface area contributed by atoms with Crippen LogP contribution >= 0.6 is 0 Å². The van der Waals surface area contributed by atoms with Crippen molar-refractivity contribution in [3.63, 3.8) is 0 Å². The molecule has 0 atom stereocenters. The second kappa shape index (κ2) is 6.95. The normalized spacial score (nSPS) is 16.9. The summed E-state index contributed by atoms with van der Waals surface area (Å²) in [6.07, 6.45) is 2.15. The lowest BCUT2D eigenvalue weighted by molar-refractivity contribution is 0.0635. The van der Waals surface area contributed by atoms with E-state index in [4.69, 9.17) is 4.74 Å². The van der Waals surface area contributed by atoms with Crippen LogP contribution in [0.4, 0.5) is 5.82 Å². The average molecular weight is 310 g/mol. The molecule has 5 heteroatoms. The Hall–Kier alpha value is -2.16. The fourth-order valence-corrected chi connectivity index (χ4v) is 3.27. The van der Waals surface area contributed by atoms with Crippen LogP contribution in [-0.4, -0.2) is 38.3 Å². The minimum Gasteiger partial charge on any atom is -0.384 e. The molecule has 2 aromatic rings. The van der Waals surface area contributed by atoms with Gasteiger partial charge in [-0.15, -0.1) is 0 Å². The van der Waals surface area contributed by atoms with Gasteiger partial charge < -0.3 is 15.4 Å². The molecule has 0 spiro atoms. The number of rotatable bonds is 5. The molecule has 0 radical (unpaired) electrons. The standard InChI is InChI=1S/C18H22N4O/c1-23-13-18(6-8-20-9-7-18)12-21-17-10-14(11-19)15-4-2-3-5-16(15)22-17/h2-5,10,20H,6-9,12-13H2,1H3,(H,21,22). The van der Waals surface area contributed by atoms with E-state index in [-0.39, 0.29) is 5.41 Å². The average Bonchev–Trinajstić information content (AvgIpc) is 2.60. The summed E-state index contributed by atoms with van der Waals surface area (Å²) in [6.45, 7) is 3.57. The van der Waals surface area contributed by atoms with Gasteiger partial charge in [0.2, 0.25) is 0 Å². The van der Waals surface area contributed by atoms with Crippen molar-refractivity contribution in [1.29, 1.82) is 5.26 Å². The molecule has 2 heterocycles. The van der Waals surface area contributed by atoms with Crippen molar-refractivity contribution in [2.45, 2.75) is 12.8 Å². The first-order chi connectivity index (χ1) is 11.3. The van der Waals surface area contributed by atoms with E-state index in [1.807, 2.05) is 30.3 Å². The van der Waals surface area contributed by atoms with Crippen LogP contribution < -0.4 is 10.6 Å². The van der Waals surface area contributed by atoms with E-state index in [1.165, 1.54) is 0 Å². The Balaban J connectivity index is 1.82. The number of methoxy groups -OCH3 is 1. The highest BCUT2D eigenvalue weighted by molar-refractivity contribution is 5.86. The lowest BCUT2D eigenvalue weighted by atomic mass is 9.79. The number of pyridine rings is 1. The lowest BCUT2D eigenvalue weighted by Crippen LogP contribution is -2.44. The Kier molecular flexibility index (Phi) is 4.75. The number of anilines is 1. The molecule has 1 fully saturated rings. The van der Waals surface area contributed by atoms with Crippen molar-refractivity contribution in [2.75, 3.05) is 38.7 Å². The van der Waals surface area contributed by atoms with Gasteiger partial charge in [0.25, 0.3) is 0 Å². The molecule has 0 amide bonds. The Morgan fingerprint density at radius 3 is 2.87 bits per heavy atom. The molecule has 120 valence electrons. The number of piperidine rings is 1. The van der Waals surface area contributed by atoms with Crippen LogP contribution in [-0.2, 0) is 4.74 Å². The number of para-hydroxylation sites is 1. The third-order valence-corrected chi connectivity index (χ3v) is 4.60. The van der Waals surface area contributed by atoms with E-state index in [0.717, 1.165) is 55.8 Å². The number of nitrogens with zero attached hydrogens (tertiary/aromatic N) is 2. The monoisotopic (exact) mass is 310 g/mol. The van der Waals surface area contributed by atoms with E-state index in [2.05, 4.69) is 21.7 Å². The lowest BCUT2D eigenvalue weighted by Gasteiger charge is -2.37. The maximum absolute atomic E-state index is 9.38. The van der Waals surface area contributed by atoms with E-state index < -0.39 is 0 Å². The molecule has 1 aliphatic rings. The number of benzene rings is 1. The smallest absolute Gasteiger partial charge is 0.128 e. The summed E-state index contributed by atoms with van der Waals surface area (Å²) >= 11 is 0. The first-order valence-corrected chi connectivity index (χ1v) is 8.00. The van der Waals surface area contributed by atoms with Crippen molar-refractivity contribution in [2.24, 2.45) is 5.41 Å². The summed E-state index contributed by atoms with van der Waals surface area (Å²) in [5.74, 6) is 0.759. The van der Waals surface area contributed by atoms with E-state index in [1.54, 1.807) is 7.11 Å². The fourth-order valence-electron chi connectivity index (χ4n) is 3.27. The van der Waals surface area contributed by atoms with E-state index in [9.17, 15) is 5.26 Å². The third kappa shape index (κ3) is 3.44. The first kappa shape index (κ1) is 15.7. The molecule has 1 aromatic heterocycles. The Labute approximate surface area is 136 Å². The van der Waals surface area contributed by atoms with Crippen molar-refractivity contribution in [1.82, 2.24) is 10.3 Å². The largest absolute Gasteiger partial charge is 0.384 e. The minimum absolute atomic E-state index is 0.125. The summed E-state index contributed by atoms with van der Waals surface area (Å²) < 4.78 is 5.45. The van der Waals surface area contributed by atoms with Gasteiger partial charge >= 0.3 is 0 Å². The number of hydrogen-bond acceptors (Lipinski definition) is 5. The van der Waals surface area contributed by atoms with Crippen LogP contribution in [0.2, 0.25) is 0 Å². The van der Waals surface area contributed by atoms with Gasteiger partial charge in [-0.1, -0.05) is 18.2 Å². The van der Waals surface area contributed by atoms with Crippen molar-refractivity contribution >= 4 is 16.7 Å². The van der Waals surface area contributed by atoms with Crippen LogP contribution in [0.3, 0.4) is 0 Å². The summed E-state index contributed by atoms with van der Waals surface area (Å²) in [7, 11) is 1.76. The van der Waals surface area contributed by atoms with Crippen molar-refractivity contribution < 1.29 is 4.74 Å². The fraction of sp³-hybridized carbons (Fsp3) is 0.444. The SMILES string of the molecule is COCC1(CNc2cc(C#N)c3ccccc3n2)CCNCC1. The number of aromatic nitrogens is 1. The molecule has 3 rings (SSSR count). The van der Waals surface area contributed by atoms with E-state index in [0.29, 0.717) is 5.56 Å². The van der Waals surface area contributed by atoms with Gasteiger partial charge in [-0.05, 0) is 38.1 Å². The van der Waals surface area contributed by atoms with Gasteiger partial charge in [0.15, 0.2) is 0 Å². The first-order valence-electron chi connectivity index (χ1n) is 8.00. The second-order valence-electron chi connectivity index (χ2n) is 6.22. The number of nitriles is 1. The summed E-state index contributed by atoms with van der Waals surface area (Å²) in [6, 6.07) is 11.9. The highest BCUT2D eigenvalue weighted by atomic mass is 16.5. The topological polar surface area (TPSA) is 70.0 Å². The van der Waals surface area contributed by atoms with Crippen LogP contribution in [0.25, 0.3) is 10.9 Å². The van der Waals surface area contributed by atoms with E-state index >= 15 is 0 Å². The summed E-state index contributed by atoms with van der Waals surface area (Å²) in [4.78, 5) is 4.64. The molecule has 0 aliphatic carbocycles. The van der Waals surface area contributed by atoms with Gasteiger partial charge in [0.1, 0.15) is 5.82 Å². The zero-order valence-corrected chi connectivity index (χ0v) is 13.4. The highest BCUT2D eigenvalue weighted by Gasteiger charge is 2.32. The molecule has 0 unspecified atom stereocenters. The molecule has 1 aliphatic heterocycles. The maximum Gasteiger partial charge on any atom is 0.128 e. The van der Waals surface area contributed by atoms with Crippen LogP contribution in [0.1, 0.15) is 18.4 Å². The quantitative estimate of drug-likeness (QED) is 0.888. The molecule has 0 saturated carbocycles. The Bertz CT molecular complexity index is 711. The minimum atomic E-state index is 0.125. The molecular weight excluding hydrogens is 288 g/mol. The third-order valence-electron chi connectivity index (χ3n) is 4.60. The van der Waals surface area contributed by atoms with Gasteiger partial charge in [-0.3, -0.25) is 0 Å². The maximum atomic E-state index is 9.38. The predicted molar refractivity (Wildman–Crippen MR) is 91.4 cm³/mol. The second-order valence-corrected chi connectivity index (χ2v) is 6.22. The Morgan fingerprint density at radius 1 is 1.35 bits per heavy atom.